The summed E-state index contributed by atoms with van der Waals surface area (Å²) >= 11 is 0. The van der Waals surface area contributed by atoms with Crippen molar-refractivity contribution in [2.45, 2.75) is 57.4 Å². The molecule has 2 aromatic rings. The second-order valence-electron chi connectivity index (χ2n) is 9.84. The molecule has 2 aromatic carbocycles. The molecule has 2 aliphatic carbocycles. The third kappa shape index (κ3) is 6.21. The van der Waals surface area contributed by atoms with Crippen molar-refractivity contribution in [1.82, 2.24) is 10.6 Å². The number of ether oxygens (including phenoxy) is 1. The van der Waals surface area contributed by atoms with Crippen molar-refractivity contribution in [1.29, 1.82) is 0 Å². The number of alkyl carbamates (subject to hydrolysis) is 1. The van der Waals surface area contributed by atoms with Crippen molar-refractivity contribution >= 4 is 18.0 Å². The van der Waals surface area contributed by atoms with Crippen molar-refractivity contribution < 1.29 is 24.2 Å². The Bertz CT molecular complexity index is 1020. The van der Waals surface area contributed by atoms with Gasteiger partial charge in [-0.05, 0) is 53.4 Å². The van der Waals surface area contributed by atoms with Gasteiger partial charge in [0.25, 0.3) is 0 Å². The summed E-state index contributed by atoms with van der Waals surface area (Å²) in [6, 6.07) is 15.2. The van der Waals surface area contributed by atoms with Crippen molar-refractivity contribution in [3.05, 3.63) is 59.7 Å². The quantitative estimate of drug-likeness (QED) is 0.485. The third-order valence-electron chi connectivity index (χ3n) is 7.21. The van der Waals surface area contributed by atoms with Crippen LogP contribution in [0.15, 0.2) is 48.5 Å². The van der Waals surface area contributed by atoms with E-state index in [4.69, 9.17) is 9.84 Å². The molecule has 35 heavy (non-hydrogen) atoms. The van der Waals surface area contributed by atoms with E-state index in [1.54, 1.807) is 0 Å². The lowest BCUT2D eigenvalue weighted by molar-refractivity contribution is -0.137. The molecule has 0 spiro atoms. The highest BCUT2D eigenvalue weighted by Crippen LogP contribution is 2.44. The second kappa shape index (κ2) is 11.4. The number of hydrogen-bond donors (Lipinski definition) is 3. The molecule has 0 aliphatic heterocycles. The maximum Gasteiger partial charge on any atom is 0.407 e. The van der Waals surface area contributed by atoms with Gasteiger partial charge in [-0.25, -0.2) is 4.79 Å². The molecule has 0 saturated heterocycles. The van der Waals surface area contributed by atoms with Crippen molar-refractivity contribution in [2.75, 3.05) is 13.2 Å². The highest BCUT2D eigenvalue weighted by molar-refractivity contribution is 5.86. The first kappa shape index (κ1) is 24.8. The average molecular weight is 479 g/mol. The zero-order chi connectivity index (χ0) is 24.8. The minimum atomic E-state index is -1.02. The predicted octanol–water partition coefficient (Wildman–Crippen LogP) is 4.70. The molecule has 0 aromatic heterocycles. The third-order valence-corrected chi connectivity index (χ3v) is 7.21. The van der Waals surface area contributed by atoms with E-state index in [0.717, 1.165) is 41.5 Å². The Kier molecular flexibility index (Phi) is 8.06. The summed E-state index contributed by atoms with van der Waals surface area (Å²) in [6.07, 6.45) is 3.58. The molecule has 1 fully saturated rings. The lowest BCUT2D eigenvalue weighted by Crippen LogP contribution is -2.48. The van der Waals surface area contributed by atoms with Crippen LogP contribution in [0, 0.1) is 11.8 Å². The minimum absolute atomic E-state index is 0.00638. The fraction of sp³-hybridized carbons (Fsp3) is 0.464. The van der Waals surface area contributed by atoms with E-state index in [1.807, 2.05) is 36.4 Å². The van der Waals surface area contributed by atoms with Gasteiger partial charge >= 0.3 is 12.1 Å². The SMILES string of the molecule is CC1CCCC(CNC(=O)C(CCC(=O)O)NC(=O)OCC2c3ccccc3-c3ccccc32)C1. The Labute approximate surface area is 206 Å². The van der Waals surface area contributed by atoms with E-state index < -0.39 is 18.1 Å². The largest absolute Gasteiger partial charge is 0.481 e. The van der Waals surface area contributed by atoms with Gasteiger partial charge in [0.2, 0.25) is 5.91 Å². The van der Waals surface area contributed by atoms with Crippen LogP contribution in [0.2, 0.25) is 0 Å². The zero-order valence-corrected chi connectivity index (χ0v) is 20.2. The molecule has 3 atom stereocenters. The molecule has 0 bridgehead atoms. The molecule has 3 unspecified atom stereocenters. The maximum atomic E-state index is 12.8. The summed E-state index contributed by atoms with van der Waals surface area (Å²) in [6.45, 7) is 2.90. The van der Waals surface area contributed by atoms with Crippen LogP contribution in [0.1, 0.15) is 62.5 Å². The van der Waals surface area contributed by atoms with E-state index in [9.17, 15) is 14.4 Å². The van der Waals surface area contributed by atoms with E-state index in [2.05, 4.69) is 29.7 Å². The molecule has 4 rings (SSSR count). The number of rotatable bonds is 9. The second-order valence-corrected chi connectivity index (χ2v) is 9.84. The van der Waals surface area contributed by atoms with E-state index >= 15 is 0 Å². The summed E-state index contributed by atoms with van der Waals surface area (Å²) in [5.74, 6) is -0.409. The first-order chi connectivity index (χ1) is 16.9. The number of carbonyl (C=O) groups excluding carboxylic acids is 2. The Hall–Kier alpha value is -3.35. The fourth-order valence-corrected chi connectivity index (χ4v) is 5.43. The molecular formula is C28H34N2O5. The van der Waals surface area contributed by atoms with Crippen molar-refractivity contribution in [3.63, 3.8) is 0 Å². The molecule has 7 nitrogen and oxygen atoms in total. The fourth-order valence-electron chi connectivity index (χ4n) is 5.43. The molecule has 0 heterocycles. The summed E-state index contributed by atoms with van der Waals surface area (Å²) in [5.41, 5.74) is 4.47. The Morgan fingerprint density at radius 2 is 1.69 bits per heavy atom. The predicted molar refractivity (Wildman–Crippen MR) is 133 cm³/mol. The highest BCUT2D eigenvalue weighted by Gasteiger charge is 2.30. The molecule has 1 saturated carbocycles. The number of benzene rings is 2. The van der Waals surface area contributed by atoms with Crippen LogP contribution in [0.3, 0.4) is 0 Å². The van der Waals surface area contributed by atoms with Gasteiger partial charge in [0.05, 0.1) is 0 Å². The number of carbonyl (C=O) groups is 3. The average Bonchev–Trinajstić information content (AvgIpc) is 3.17. The summed E-state index contributed by atoms with van der Waals surface area (Å²) in [7, 11) is 0. The van der Waals surface area contributed by atoms with Crippen LogP contribution in [0.5, 0.6) is 0 Å². The number of carboxylic acid groups (broad SMARTS) is 1. The maximum absolute atomic E-state index is 12.8. The Balaban J connectivity index is 1.35. The van der Waals surface area contributed by atoms with Gasteiger partial charge in [-0.15, -0.1) is 0 Å². The first-order valence-corrected chi connectivity index (χ1v) is 12.5. The standard InChI is InChI=1S/C28H34N2O5/c1-18-7-6-8-19(15-18)16-29-27(33)25(13-14-26(31)32)30-28(34)35-17-24-22-11-4-2-9-20(22)21-10-3-5-12-23(21)24/h2-5,9-12,18-19,24-25H,6-8,13-17H2,1H3,(H,29,33)(H,30,34)(H,31,32). The molecular weight excluding hydrogens is 444 g/mol. The highest BCUT2D eigenvalue weighted by atomic mass is 16.5. The summed E-state index contributed by atoms with van der Waals surface area (Å²) in [4.78, 5) is 36.6. The lowest BCUT2D eigenvalue weighted by Gasteiger charge is -2.27. The van der Waals surface area contributed by atoms with Crippen LogP contribution in [-0.4, -0.2) is 42.3 Å². The van der Waals surface area contributed by atoms with Crippen molar-refractivity contribution in [2.24, 2.45) is 11.8 Å². The number of amides is 2. The molecule has 0 radical (unpaired) electrons. The first-order valence-electron chi connectivity index (χ1n) is 12.5. The van der Waals surface area contributed by atoms with Crippen LogP contribution in [0.25, 0.3) is 11.1 Å². The smallest absolute Gasteiger partial charge is 0.407 e. The van der Waals surface area contributed by atoms with Crippen LogP contribution >= 0.6 is 0 Å². The molecule has 2 amide bonds. The molecule has 2 aliphatic rings. The van der Waals surface area contributed by atoms with Gasteiger partial charge in [-0.3, -0.25) is 9.59 Å². The number of nitrogens with one attached hydrogen (secondary N) is 2. The van der Waals surface area contributed by atoms with Crippen LogP contribution in [0.4, 0.5) is 4.79 Å². The zero-order valence-electron chi connectivity index (χ0n) is 20.2. The van der Waals surface area contributed by atoms with E-state index in [1.165, 1.54) is 6.42 Å². The minimum Gasteiger partial charge on any atom is -0.481 e. The Morgan fingerprint density at radius 1 is 1.03 bits per heavy atom. The molecule has 3 N–H and O–H groups in total. The number of aliphatic carboxylic acids is 1. The molecule has 7 heteroatoms. The normalized spacial score (nSPS) is 19.8. The Morgan fingerprint density at radius 3 is 2.31 bits per heavy atom. The number of carboxylic acids is 1. The van der Waals surface area contributed by atoms with E-state index in [0.29, 0.717) is 18.4 Å². The van der Waals surface area contributed by atoms with Gasteiger partial charge in [0.1, 0.15) is 12.6 Å². The molecule has 186 valence electrons. The monoisotopic (exact) mass is 478 g/mol. The van der Waals surface area contributed by atoms with Gasteiger partial charge in [-0.2, -0.15) is 0 Å². The van der Waals surface area contributed by atoms with Gasteiger partial charge in [0.15, 0.2) is 0 Å². The van der Waals surface area contributed by atoms with Gasteiger partial charge in [-0.1, -0.05) is 68.3 Å². The number of fused-ring (bicyclic) bond motifs is 3. The van der Waals surface area contributed by atoms with Gasteiger partial charge in [0, 0.05) is 18.9 Å². The van der Waals surface area contributed by atoms with Gasteiger partial charge < -0.3 is 20.5 Å². The van der Waals surface area contributed by atoms with Crippen LogP contribution < -0.4 is 10.6 Å². The summed E-state index contributed by atoms with van der Waals surface area (Å²) in [5, 5.41) is 14.6. The lowest BCUT2D eigenvalue weighted by atomic mass is 9.82. The number of hydrogen-bond acceptors (Lipinski definition) is 4. The topological polar surface area (TPSA) is 105 Å². The van der Waals surface area contributed by atoms with Crippen molar-refractivity contribution in [3.8, 4) is 11.1 Å². The van der Waals surface area contributed by atoms with E-state index in [-0.39, 0.29) is 31.3 Å². The summed E-state index contributed by atoms with van der Waals surface area (Å²) < 4.78 is 5.56. The van der Waals surface area contributed by atoms with Crippen LogP contribution in [-0.2, 0) is 14.3 Å².